The van der Waals surface area contributed by atoms with E-state index in [0.29, 0.717) is 16.5 Å². The van der Waals surface area contributed by atoms with E-state index in [-0.39, 0.29) is 10.8 Å². The third-order valence-corrected chi connectivity index (χ3v) is 4.52. The summed E-state index contributed by atoms with van der Waals surface area (Å²) < 4.78 is 14.2. The van der Waals surface area contributed by atoms with Crippen molar-refractivity contribution in [3.63, 3.8) is 0 Å². The summed E-state index contributed by atoms with van der Waals surface area (Å²) in [5.41, 5.74) is 1.55. The summed E-state index contributed by atoms with van der Waals surface area (Å²) in [6, 6.07) is 5.05. The molecule has 1 aromatic heterocycles. The molecule has 0 aliphatic rings. The molecule has 0 aliphatic heterocycles. The fraction of sp³-hybridized carbons (Fsp3) is 0.438. The van der Waals surface area contributed by atoms with E-state index in [0.717, 1.165) is 25.2 Å². The Kier molecular flexibility index (Phi) is 5.73. The van der Waals surface area contributed by atoms with Crippen LogP contribution in [0.2, 0.25) is 5.02 Å². The largest absolute Gasteiger partial charge is 0.312 e. The smallest absolute Gasteiger partial charge is 0.152 e. The van der Waals surface area contributed by atoms with Gasteiger partial charge in [0.05, 0.1) is 10.7 Å². The fourth-order valence-electron chi connectivity index (χ4n) is 2.09. The van der Waals surface area contributed by atoms with E-state index >= 15 is 0 Å². The number of aromatic nitrogens is 1. The third kappa shape index (κ3) is 4.02. The van der Waals surface area contributed by atoms with Crippen LogP contribution in [0.15, 0.2) is 18.2 Å². The molecule has 2 nitrogen and oxygen atoms in total. The van der Waals surface area contributed by atoms with Crippen LogP contribution in [-0.4, -0.2) is 11.5 Å². The maximum absolute atomic E-state index is 14.2. The molecular formula is C16H20ClFN2S. The second kappa shape index (κ2) is 7.34. The molecule has 1 N–H and O–H groups in total. The molecule has 0 unspecified atom stereocenters. The molecule has 0 bridgehead atoms. The molecule has 0 aliphatic carbocycles. The van der Waals surface area contributed by atoms with E-state index in [2.05, 4.69) is 31.1 Å². The second-order valence-electron chi connectivity index (χ2n) is 5.37. The number of rotatable bonds is 6. The second-order valence-corrected chi connectivity index (χ2v) is 6.86. The summed E-state index contributed by atoms with van der Waals surface area (Å²) in [5.74, 6) is 0.128. The highest BCUT2D eigenvalue weighted by molar-refractivity contribution is 7.15. The average molecular weight is 327 g/mol. The summed E-state index contributed by atoms with van der Waals surface area (Å²) in [4.78, 5) is 5.84. The molecular weight excluding hydrogens is 307 g/mol. The Balaban J connectivity index is 2.40. The van der Waals surface area contributed by atoms with Gasteiger partial charge in [-0.1, -0.05) is 38.4 Å². The third-order valence-electron chi connectivity index (χ3n) is 3.10. The van der Waals surface area contributed by atoms with Crippen molar-refractivity contribution in [3.8, 4) is 10.6 Å². The zero-order valence-electron chi connectivity index (χ0n) is 12.5. The summed E-state index contributed by atoms with van der Waals surface area (Å²) in [6.45, 7) is 8.07. The molecule has 0 saturated heterocycles. The fourth-order valence-corrected chi connectivity index (χ4v) is 3.34. The molecule has 2 aromatic rings. The number of hydrogen-bond donors (Lipinski definition) is 1. The van der Waals surface area contributed by atoms with Gasteiger partial charge in [0.2, 0.25) is 0 Å². The van der Waals surface area contributed by atoms with E-state index < -0.39 is 0 Å². The average Bonchev–Trinajstić information content (AvgIpc) is 2.81. The zero-order chi connectivity index (χ0) is 15.4. The zero-order valence-corrected chi connectivity index (χ0v) is 14.1. The van der Waals surface area contributed by atoms with Crippen LogP contribution in [0, 0.1) is 11.7 Å². The first-order chi connectivity index (χ1) is 10.0. The number of benzene rings is 1. The SMILES string of the molecule is CCNCc1sc(-c2cccc(Cl)c2F)nc1CC(C)C. The van der Waals surface area contributed by atoms with Crippen molar-refractivity contribution >= 4 is 22.9 Å². The lowest BCUT2D eigenvalue weighted by Crippen LogP contribution is -2.12. The Hall–Kier alpha value is -0.970. The molecule has 5 heteroatoms. The van der Waals surface area contributed by atoms with Gasteiger partial charge >= 0.3 is 0 Å². The van der Waals surface area contributed by atoms with Gasteiger partial charge in [-0.15, -0.1) is 11.3 Å². The predicted molar refractivity (Wildman–Crippen MR) is 88.4 cm³/mol. The number of nitrogens with one attached hydrogen (secondary N) is 1. The van der Waals surface area contributed by atoms with Gasteiger partial charge in [0.25, 0.3) is 0 Å². The normalized spacial score (nSPS) is 11.3. The van der Waals surface area contributed by atoms with E-state index in [4.69, 9.17) is 11.6 Å². The van der Waals surface area contributed by atoms with Crippen molar-refractivity contribution in [1.82, 2.24) is 10.3 Å². The van der Waals surface area contributed by atoms with Gasteiger partial charge in [-0.05, 0) is 31.0 Å². The molecule has 0 atom stereocenters. The lowest BCUT2D eigenvalue weighted by molar-refractivity contribution is 0.625. The van der Waals surface area contributed by atoms with Crippen LogP contribution < -0.4 is 5.32 Å². The van der Waals surface area contributed by atoms with Crippen LogP contribution in [-0.2, 0) is 13.0 Å². The van der Waals surface area contributed by atoms with E-state index in [1.54, 1.807) is 29.5 Å². The van der Waals surface area contributed by atoms with Crippen LogP contribution in [0.1, 0.15) is 31.3 Å². The molecule has 0 spiro atoms. The minimum atomic E-state index is -0.390. The lowest BCUT2D eigenvalue weighted by Gasteiger charge is -2.04. The van der Waals surface area contributed by atoms with Crippen molar-refractivity contribution in [3.05, 3.63) is 39.6 Å². The molecule has 0 radical (unpaired) electrons. The van der Waals surface area contributed by atoms with Gasteiger partial charge in [-0.25, -0.2) is 9.37 Å². The molecule has 0 fully saturated rings. The van der Waals surface area contributed by atoms with E-state index in [1.807, 2.05) is 0 Å². The molecule has 0 amide bonds. The molecule has 2 rings (SSSR count). The molecule has 21 heavy (non-hydrogen) atoms. The van der Waals surface area contributed by atoms with E-state index in [1.165, 1.54) is 4.88 Å². The monoisotopic (exact) mass is 326 g/mol. The summed E-state index contributed by atoms with van der Waals surface area (Å²) in [7, 11) is 0. The van der Waals surface area contributed by atoms with Crippen molar-refractivity contribution in [2.75, 3.05) is 6.54 Å². The topological polar surface area (TPSA) is 24.9 Å². The first-order valence-electron chi connectivity index (χ1n) is 7.16. The maximum Gasteiger partial charge on any atom is 0.152 e. The lowest BCUT2D eigenvalue weighted by atomic mass is 10.1. The maximum atomic E-state index is 14.2. The number of hydrogen-bond acceptors (Lipinski definition) is 3. The van der Waals surface area contributed by atoms with Crippen LogP contribution in [0.3, 0.4) is 0 Å². The predicted octanol–water partition coefficient (Wildman–Crippen LogP) is 4.91. The van der Waals surface area contributed by atoms with Crippen molar-refractivity contribution in [2.24, 2.45) is 5.92 Å². The minimum absolute atomic E-state index is 0.140. The van der Waals surface area contributed by atoms with Gasteiger partial charge in [0, 0.05) is 17.0 Å². The highest BCUT2D eigenvalue weighted by Gasteiger charge is 2.17. The molecule has 114 valence electrons. The van der Waals surface area contributed by atoms with Crippen LogP contribution >= 0.6 is 22.9 Å². The molecule has 1 heterocycles. The minimum Gasteiger partial charge on any atom is -0.312 e. The molecule has 1 aromatic carbocycles. The van der Waals surface area contributed by atoms with Gasteiger partial charge in [-0.3, -0.25) is 0 Å². The first-order valence-corrected chi connectivity index (χ1v) is 8.36. The number of halogens is 2. The van der Waals surface area contributed by atoms with Gasteiger partial charge in [-0.2, -0.15) is 0 Å². The Labute approximate surface area is 134 Å². The first kappa shape index (κ1) is 16.4. The summed E-state index contributed by atoms with van der Waals surface area (Å²) in [5, 5.41) is 4.17. The molecule has 0 saturated carbocycles. The Morgan fingerprint density at radius 2 is 2.14 bits per heavy atom. The highest BCUT2D eigenvalue weighted by atomic mass is 35.5. The van der Waals surface area contributed by atoms with Crippen LogP contribution in [0.4, 0.5) is 4.39 Å². The Morgan fingerprint density at radius 3 is 2.81 bits per heavy atom. The van der Waals surface area contributed by atoms with Crippen molar-refractivity contribution in [1.29, 1.82) is 0 Å². The Bertz CT molecular complexity index is 610. The standard InChI is InChI=1S/C16H20ClFN2S/c1-4-19-9-14-13(8-10(2)3)20-16(21-14)11-6-5-7-12(17)15(11)18/h5-7,10,19H,4,8-9H2,1-3H3. The summed E-state index contributed by atoms with van der Waals surface area (Å²) >= 11 is 7.41. The quantitative estimate of drug-likeness (QED) is 0.815. The van der Waals surface area contributed by atoms with Gasteiger partial charge in [0.15, 0.2) is 5.82 Å². The van der Waals surface area contributed by atoms with E-state index in [9.17, 15) is 4.39 Å². The van der Waals surface area contributed by atoms with Crippen LogP contribution in [0.25, 0.3) is 10.6 Å². The summed E-state index contributed by atoms with van der Waals surface area (Å²) in [6.07, 6.45) is 0.902. The number of thiazole rings is 1. The van der Waals surface area contributed by atoms with Crippen molar-refractivity contribution in [2.45, 2.75) is 33.7 Å². The van der Waals surface area contributed by atoms with Crippen molar-refractivity contribution < 1.29 is 4.39 Å². The van der Waals surface area contributed by atoms with Crippen LogP contribution in [0.5, 0.6) is 0 Å². The van der Waals surface area contributed by atoms with Gasteiger partial charge < -0.3 is 5.32 Å². The number of nitrogens with zero attached hydrogens (tertiary/aromatic N) is 1. The Morgan fingerprint density at radius 1 is 1.38 bits per heavy atom. The highest BCUT2D eigenvalue weighted by Crippen LogP contribution is 2.33. The van der Waals surface area contributed by atoms with Gasteiger partial charge in [0.1, 0.15) is 5.01 Å².